The van der Waals surface area contributed by atoms with E-state index in [0.29, 0.717) is 0 Å². The Morgan fingerprint density at radius 2 is 2.00 bits per heavy atom. The lowest BCUT2D eigenvalue weighted by Gasteiger charge is -2.38. The van der Waals surface area contributed by atoms with Crippen LogP contribution in [0.15, 0.2) is 41.6 Å². The van der Waals surface area contributed by atoms with Crippen LogP contribution in [-0.4, -0.2) is 62.9 Å². The Morgan fingerprint density at radius 1 is 1.28 bits per heavy atom. The largest absolute Gasteiger partial charge is 0.480 e. The van der Waals surface area contributed by atoms with E-state index in [0.717, 1.165) is 49.0 Å². The van der Waals surface area contributed by atoms with Crippen molar-refractivity contribution in [3.63, 3.8) is 0 Å². The van der Waals surface area contributed by atoms with Crippen molar-refractivity contribution >= 4 is 17.7 Å². The number of hydrogen-bond donors (Lipinski definition) is 1. The number of carboxylic acids is 1. The van der Waals surface area contributed by atoms with Gasteiger partial charge in [0, 0.05) is 50.5 Å². The van der Waals surface area contributed by atoms with Crippen LogP contribution in [0.3, 0.4) is 0 Å². The van der Waals surface area contributed by atoms with Crippen LogP contribution >= 0.6 is 11.8 Å². The molecule has 0 bridgehead atoms. The molecule has 3 rings (SSSR count). The number of nitrogens with zero attached hydrogens (tertiary/aromatic N) is 4. The molecule has 0 radical (unpaired) electrons. The molecular formula is C18H24N4O2S. The number of benzene rings is 1. The topological polar surface area (TPSA) is 61.6 Å². The lowest BCUT2D eigenvalue weighted by molar-refractivity contribution is -0.144. The zero-order valence-corrected chi connectivity index (χ0v) is 15.4. The third kappa shape index (κ3) is 4.05. The molecule has 0 unspecified atom stereocenters. The summed E-state index contributed by atoms with van der Waals surface area (Å²) < 4.78 is 2.03. The van der Waals surface area contributed by atoms with E-state index >= 15 is 0 Å². The lowest BCUT2D eigenvalue weighted by atomic mass is 10.0. The standard InChI is InChI=1S/C18H24N4O2S/c1-20-8-7-19-16(20)13-21-9-11-22(12-10-21)17(18(23)24)14-5-3-4-6-15(14)25-2/h3-8,17H,9-13H2,1-2H3,(H,23,24)/t17-/m0/s1. The molecule has 0 saturated carbocycles. The predicted molar refractivity (Wildman–Crippen MR) is 98.7 cm³/mol. The minimum atomic E-state index is -0.779. The molecule has 7 heteroatoms. The molecule has 1 saturated heterocycles. The molecule has 2 aromatic rings. The number of aliphatic carboxylic acids is 1. The van der Waals surface area contributed by atoms with Gasteiger partial charge in [0.1, 0.15) is 11.9 Å². The summed E-state index contributed by atoms with van der Waals surface area (Å²) in [7, 11) is 2.00. The zero-order chi connectivity index (χ0) is 17.8. The van der Waals surface area contributed by atoms with Gasteiger partial charge in [-0.3, -0.25) is 14.6 Å². The van der Waals surface area contributed by atoms with Crippen LogP contribution in [0.4, 0.5) is 0 Å². The Bertz CT molecular complexity index is 725. The van der Waals surface area contributed by atoms with Gasteiger partial charge in [0.15, 0.2) is 0 Å². The van der Waals surface area contributed by atoms with E-state index < -0.39 is 12.0 Å². The van der Waals surface area contributed by atoms with Crippen LogP contribution in [-0.2, 0) is 18.4 Å². The van der Waals surface area contributed by atoms with E-state index in [1.165, 1.54) is 0 Å². The van der Waals surface area contributed by atoms with Crippen LogP contribution in [0.1, 0.15) is 17.4 Å². The van der Waals surface area contributed by atoms with Gasteiger partial charge in [0.05, 0.1) is 6.54 Å². The summed E-state index contributed by atoms with van der Waals surface area (Å²) in [6.45, 7) is 3.97. The Labute approximate surface area is 152 Å². The van der Waals surface area contributed by atoms with Crippen LogP contribution < -0.4 is 0 Å². The molecule has 1 aliphatic heterocycles. The van der Waals surface area contributed by atoms with Crippen molar-refractivity contribution < 1.29 is 9.90 Å². The van der Waals surface area contributed by atoms with E-state index in [9.17, 15) is 9.90 Å². The highest BCUT2D eigenvalue weighted by atomic mass is 32.2. The fraction of sp³-hybridized carbons (Fsp3) is 0.444. The first-order valence-corrected chi connectivity index (χ1v) is 9.61. The third-order valence-corrected chi connectivity index (χ3v) is 5.54. The van der Waals surface area contributed by atoms with Gasteiger partial charge in [-0.25, -0.2) is 4.98 Å². The Kier molecular flexibility index (Phi) is 5.78. The Hall–Kier alpha value is -1.83. The van der Waals surface area contributed by atoms with E-state index in [4.69, 9.17) is 0 Å². The second-order valence-electron chi connectivity index (χ2n) is 6.25. The minimum Gasteiger partial charge on any atom is -0.480 e. The second-order valence-corrected chi connectivity index (χ2v) is 7.10. The highest BCUT2D eigenvalue weighted by molar-refractivity contribution is 7.98. The molecule has 1 atom stereocenters. The van der Waals surface area contributed by atoms with Gasteiger partial charge in [-0.1, -0.05) is 18.2 Å². The van der Waals surface area contributed by atoms with E-state index in [1.54, 1.807) is 11.8 Å². The molecule has 2 heterocycles. The maximum atomic E-state index is 12.0. The SMILES string of the molecule is CSc1ccccc1[C@@H](C(=O)O)N1CCN(Cc2nccn2C)CC1. The molecule has 6 nitrogen and oxygen atoms in total. The van der Waals surface area contributed by atoms with Crippen molar-refractivity contribution in [1.82, 2.24) is 19.4 Å². The first-order chi connectivity index (χ1) is 12.1. The molecular weight excluding hydrogens is 336 g/mol. The number of piperazine rings is 1. The number of hydrogen-bond acceptors (Lipinski definition) is 5. The zero-order valence-electron chi connectivity index (χ0n) is 14.6. The van der Waals surface area contributed by atoms with E-state index in [-0.39, 0.29) is 0 Å². The average molecular weight is 360 g/mol. The maximum Gasteiger partial charge on any atom is 0.325 e. The van der Waals surface area contributed by atoms with Crippen molar-refractivity contribution in [3.05, 3.63) is 48.0 Å². The lowest BCUT2D eigenvalue weighted by Crippen LogP contribution is -2.49. The van der Waals surface area contributed by atoms with Crippen LogP contribution in [0.2, 0.25) is 0 Å². The minimum absolute atomic E-state index is 0.584. The van der Waals surface area contributed by atoms with Gasteiger partial charge in [0.25, 0.3) is 0 Å². The number of rotatable bonds is 6. The molecule has 0 aliphatic carbocycles. The van der Waals surface area contributed by atoms with Crippen molar-refractivity contribution in [2.75, 3.05) is 32.4 Å². The summed E-state index contributed by atoms with van der Waals surface area (Å²) >= 11 is 1.60. The van der Waals surface area contributed by atoms with Gasteiger partial charge in [-0.2, -0.15) is 0 Å². The summed E-state index contributed by atoms with van der Waals surface area (Å²) in [5.41, 5.74) is 0.889. The van der Waals surface area contributed by atoms with Gasteiger partial charge < -0.3 is 9.67 Å². The summed E-state index contributed by atoms with van der Waals surface area (Å²) in [6, 6.07) is 7.22. The third-order valence-electron chi connectivity index (χ3n) is 4.73. The number of carbonyl (C=O) groups is 1. The molecule has 25 heavy (non-hydrogen) atoms. The first kappa shape index (κ1) is 18.0. The molecule has 1 aromatic carbocycles. The van der Waals surface area contributed by atoms with Crippen molar-refractivity contribution in [1.29, 1.82) is 0 Å². The Balaban J connectivity index is 1.69. The molecule has 0 amide bonds. The van der Waals surface area contributed by atoms with Crippen molar-refractivity contribution in [3.8, 4) is 0 Å². The molecule has 1 N–H and O–H groups in total. The summed E-state index contributed by atoms with van der Waals surface area (Å²) in [4.78, 5) is 21.8. The van der Waals surface area contributed by atoms with E-state index in [1.807, 2.05) is 54.5 Å². The number of imidazole rings is 1. The van der Waals surface area contributed by atoms with Gasteiger partial charge >= 0.3 is 5.97 Å². The Morgan fingerprint density at radius 3 is 2.60 bits per heavy atom. The van der Waals surface area contributed by atoms with Crippen LogP contribution in [0.25, 0.3) is 0 Å². The first-order valence-electron chi connectivity index (χ1n) is 8.38. The molecule has 1 aromatic heterocycles. The fourth-order valence-corrected chi connectivity index (χ4v) is 3.94. The van der Waals surface area contributed by atoms with Gasteiger partial charge in [-0.15, -0.1) is 11.8 Å². The average Bonchev–Trinajstić information content (AvgIpc) is 3.01. The fourth-order valence-electron chi connectivity index (χ4n) is 3.31. The smallest absolute Gasteiger partial charge is 0.325 e. The van der Waals surface area contributed by atoms with Crippen molar-refractivity contribution in [2.45, 2.75) is 17.5 Å². The molecule has 0 spiro atoms. The number of aryl methyl sites for hydroxylation is 1. The summed E-state index contributed by atoms with van der Waals surface area (Å²) in [6.07, 6.45) is 5.75. The quantitative estimate of drug-likeness (QED) is 0.796. The predicted octanol–water partition coefficient (Wildman–Crippen LogP) is 2.09. The highest BCUT2D eigenvalue weighted by Crippen LogP contribution is 2.30. The van der Waals surface area contributed by atoms with E-state index in [2.05, 4.69) is 14.8 Å². The molecule has 1 aliphatic rings. The number of thioether (sulfide) groups is 1. The van der Waals surface area contributed by atoms with Crippen LogP contribution in [0, 0.1) is 0 Å². The maximum absolute atomic E-state index is 12.0. The summed E-state index contributed by atoms with van der Waals surface area (Å²) in [5.74, 6) is 0.259. The summed E-state index contributed by atoms with van der Waals surface area (Å²) in [5, 5.41) is 9.83. The second kappa shape index (κ2) is 8.03. The molecule has 1 fully saturated rings. The van der Waals surface area contributed by atoms with Crippen LogP contribution in [0.5, 0.6) is 0 Å². The number of aromatic nitrogens is 2. The molecule has 134 valence electrons. The monoisotopic (exact) mass is 360 g/mol. The van der Waals surface area contributed by atoms with Gasteiger partial charge in [0.2, 0.25) is 0 Å². The van der Waals surface area contributed by atoms with Gasteiger partial charge in [-0.05, 0) is 17.9 Å². The number of carboxylic acid groups (broad SMARTS) is 1. The highest BCUT2D eigenvalue weighted by Gasteiger charge is 2.31. The normalized spacial score (nSPS) is 17.5. The van der Waals surface area contributed by atoms with Crippen molar-refractivity contribution in [2.24, 2.45) is 7.05 Å².